The molecule has 0 saturated carbocycles. The molecule has 1 rings (SSSR count). The van der Waals surface area contributed by atoms with E-state index >= 15 is 0 Å². The number of nitrogens with one attached hydrogen (secondary N) is 1. The zero-order chi connectivity index (χ0) is 9.52. The van der Waals surface area contributed by atoms with Crippen molar-refractivity contribution in [1.29, 1.82) is 0 Å². The third kappa shape index (κ3) is 3.36. The molecule has 3 N–H and O–H groups in total. The molecule has 0 aromatic carbocycles. The van der Waals surface area contributed by atoms with Gasteiger partial charge in [-0.2, -0.15) is 0 Å². The van der Waals surface area contributed by atoms with Gasteiger partial charge in [0.15, 0.2) is 0 Å². The first-order valence-electron chi connectivity index (χ1n) is 5.17. The molecule has 0 fully saturated rings. The summed E-state index contributed by atoms with van der Waals surface area (Å²) in [6, 6.07) is 0.231. The van der Waals surface area contributed by atoms with Crippen molar-refractivity contribution < 1.29 is 4.74 Å². The second kappa shape index (κ2) is 6.00. The summed E-state index contributed by atoms with van der Waals surface area (Å²) in [7, 11) is 0. The standard InChI is InChI=1S/C10H20N2O/c1-2-3-4-6-9(12-11)10-7-5-8-13-10/h7,9,12H,2-6,8,11H2,1H3. The number of rotatable bonds is 6. The minimum absolute atomic E-state index is 0.231. The lowest BCUT2D eigenvalue weighted by Gasteiger charge is -2.16. The molecule has 0 bridgehead atoms. The Morgan fingerprint density at radius 2 is 2.46 bits per heavy atom. The van der Waals surface area contributed by atoms with Crippen molar-refractivity contribution in [1.82, 2.24) is 5.43 Å². The molecule has 0 aromatic rings. The van der Waals surface area contributed by atoms with Crippen LogP contribution in [0.1, 0.15) is 39.0 Å². The van der Waals surface area contributed by atoms with Gasteiger partial charge in [-0.15, -0.1) is 0 Å². The minimum Gasteiger partial charge on any atom is -0.496 e. The summed E-state index contributed by atoms with van der Waals surface area (Å²) in [6.07, 6.45) is 7.97. The molecule has 3 nitrogen and oxygen atoms in total. The summed E-state index contributed by atoms with van der Waals surface area (Å²) in [5.41, 5.74) is 2.81. The van der Waals surface area contributed by atoms with Crippen LogP contribution in [0.4, 0.5) is 0 Å². The monoisotopic (exact) mass is 184 g/mol. The van der Waals surface area contributed by atoms with Crippen LogP contribution in [0.3, 0.4) is 0 Å². The molecule has 13 heavy (non-hydrogen) atoms. The highest BCUT2D eigenvalue weighted by Gasteiger charge is 2.16. The maximum atomic E-state index is 5.46. The maximum Gasteiger partial charge on any atom is 0.110 e. The highest BCUT2D eigenvalue weighted by atomic mass is 16.5. The summed E-state index contributed by atoms with van der Waals surface area (Å²) < 4.78 is 5.46. The third-order valence-corrected chi connectivity index (χ3v) is 2.37. The lowest BCUT2D eigenvalue weighted by molar-refractivity contribution is 0.210. The van der Waals surface area contributed by atoms with Crippen molar-refractivity contribution in [3.8, 4) is 0 Å². The van der Waals surface area contributed by atoms with Crippen molar-refractivity contribution in [2.75, 3.05) is 6.61 Å². The minimum atomic E-state index is 0.231. The lowest BCUT2D eigenvalue weighted by Crippen LogP contribution is -2.36. The Kier molecular flexibility index (Phi) is 4.86. The highest BCUT2D eigenvalue weighted by molar-refractivity contribution is 5.06. The summed E-state index contributed by atoms with van der Waals surface area (Å²) in [4.78, 5) is 0. The Bertz CT molecular complexity index is 168. The van der Waals surface area contributed by atoms with Crippen LogP contribution < -0.4 is 11.3 Å². The van der Waals surface area contributed by atoms with Crippen molar-refractivity contribution in [2.24, 2.45) is 5.84 Å². The first kappa shape index (κ1) is 10.5. The van der Waals surface area contributed by atoms with E-state index in [1.54, 1.807) is 0 Å². The van der Waals surface area contributed by atoms with E-state index in [1.807, 2.05) is 0 Å². The van der Waals surface area contributed by atoms with Gasteiger partial charge in [-0.3, -0.25) is 5.84 Å². The number of hydrazine groups is 1. The van der Waals surface area contributed by atoms with Crippen molar-refractivity contribution >= 4 is 0 Å². The molecule has 0 aliphatic carbocycles. The fourth-order valence-corrected chi connectivity index (χ4v) is 1.59. The molecule has 0 aromatic heterocycles. The van der Waals surface area contributed by atoms with Gasteiger partial charge in [0, 0.05) is 6.42 Å². The molecule has 1 aliphatic heterocycles. The molecule has 0 saturated heterocycles. The summed E-state index contributed by atoms with van der Waals surface area (Å²) in [5, 5.41) is 0. The van der Waals surface area contributed by atoms with E-state index in [4.69, 9.17) is 10.6 Å². The fraction of sp³-hybridized carbons (Fsp3) is 0.800. The quantitative estimate of drug-likeness (QED) is 0.375. The van der Waals surface area contributed by atoms with Gasteiger partial charge in [-0.25, -0.2) is 5.43 Å². The number of hydrogen-bond acceptors (Lipinski definition) is 3. The largest absolute Gasteiger partial charge is 0.496 e. The molecule has 3 heteroatoms. The molecule has 1 aliphatic rings. The average molecular weight is 184 g/mol. The smallest absolute Gasteiger partial charge is 0.110 e. The summed E-state index contributed by atoms with van der Waals surface area (Å²) >= 11 is 0. The van der Waals surface area contributed by atoms with Gasteiger partial charge in [-0.05, 0) is 12.5 Å². The van der Waals surface area contributed by atoms with Crippen LogP contribution in [0, 0.1) is 0 Å². The zero-order valence-electron chi connectivity index (χ0n) is 8.38. The van der Waals surface area contributed by atoms with Crippen LogP contribution >= 0.6 is 0 Å². The van der Waals surface area contributed by atoms with Crippen LogP contribution in [0.5, 0.6) is 0 Å². The van der Waals surface area contributed by atoms with E-state index < -0.39 is 0 Å². The Morgan fingerprint density at radius 1 is 1.62 bits per heavy atom. The second-order valence-corrected chi connectivity index (χ2v) is 3.46. The molecule has 1 heterocycles. The van der Waals surface area contributed by atoms with E-state index in [0.717, 1.165) is 25.2 Å². The molecule has 1 unspecified atom stereocenters. The van der Waals surface area contributed by atoms with Gasteiger partial charge in [0.1, 0.15) is 5.76 Å². The number of nitrogens with two attached hydrogens (primary N) is 1. The van der Waals surface area contributed by atoms with Gasteiger partial charge in [0.05, 0.1) is 12.6 Å². The molecular weight excluding hydrogens is 164 g/mol. The highest BCUT2D eigenvalue weighted by Crippen LogP contribution is 2.17. The fourth-order valence-electron chi connectivity index (χ4n) is 1.59. The van der Waals surface area contributed by atoms with E-state index in [9.17, 15) is 0 Å². The zero-order valence-corrected chi connectivity index (χ0v) is 8.38. The van der Waals surface area contributed by atoms with E-state index in [-0.39, 0.29) is 6.04 Å². The molecule has 1 atom stereocenters. The second-order valence-electron chi connectivity index (χ2n) is 3.46. The van der Waals surface area contributed by atoms with Gasteiger partial charge < -0.3 is 4.74 Å². The van der Waals surface area contributed by atoms with Crippen LogP contribution in [-0.2, 0) is 4.74 Å². The Hall–Kier alpha value is -0.540. The molecule has 0 amide bonds. The van der Waals surface area contributed by atoms with Crippen LogP contribution in [0.2, 0.25) is 0 Å². The maximum absolute atomic E-state index is 5.46. The van der Waals surface area contributed by atoms with Gasteiger partial charge in [-0.1, -0.05) is 26.2 Å². The first-order valence-corrected chi connectivity index (χ1v) is 5.17. The predicted octanol–water partition coefficient (Wildman–Crippen LogP) is 1.70. The molecule has 76 valence electrons. The van der Waals surface area contributed by atoms with Gasteiger partial charge in [0.25, 0.3) is 0 Å². The van der Waals surface area contributed by atoms with E-state index in [0.29, 0.717) is 0 Å². The average Bonchev–Trinajstić information content (AvgIpc) is 2.65. The molecule has 0 radical (unpaired) electrons. The number of hydrogen-bond donors (Lipinski definition) is 2. The predicted molar refractivity (Wildman–Crippen MR) is 53.9 cm³/mol. The normalized spacial score (nSPS) is 18.2. The summed E-state index contributed by atoms with van der Waals surface area (Å²) in [6.45, 7) is 3.03. The van der Waals surface area contributed by atoms with Crippen LogP contribution in [0.25, 0.3) is 0 Å². The Labute approximate surface area is 80.3 Å². The van der Waals surface area contributed by atoms with Crippen LogP contribution in [-0.4, -0.2) is 12.6 Å². The topological polar surface area (TPSA) is 47.3 Å². The van der Waals surface area contributed by atoms with Crippen molar-refractivity contribution in [3.63, 3.8) is 0 Å². The van der Waals surface area contributed by atoms with Gasteiger partial charge in [0.2, 0.25) is 0 Å². The molecule has 0 spiro atoms. The summed E-state index contributed by atoms with van der Waals surface area (Å²) in [5.74, 6) is 6.50. The van der Waals surface area contributed by atoms with Crippen LogP contribution in [0.15, 0.2) is 11.8 Å². The molecular formula is C10H20N2O. The van der Waals surface area contributed by atoms with E-state index in [1.165, 1.54) is 19.3 Å². The van der Waals surface area contributed by atoms with Gasteiger partial charge >= 0.3 is 0 Å². The lowest BCUT2D eigenvalue weighted by atomic mass is 10.1. The van der Waals surface area contributed by atoms with Crippen molar-refractivity contribution in [2.45, 2.75) is 45.1 Å². The van der Waals surface area contributed by atoms with Crippen molar-refractivity contribution in [3.05, 3.63) is 11.8 Å². The Morgan fingerprint density at radius 3 is 3.00 bits per heavy atom. The first-order chi connectivity index (χ1) is 6.38. The SMILES string of the molecule is CCCCCC(NN)C1=CCCO1. The number of unbranched alkanes of at least 4 members (excludes halogenated alkanes) is 2. The third-order valence-electron chi connectivity index (χ3n) is 2.37. The Balaban J connectivity index is 2.25. The number of ether oxygens (including phenoxy) is 1. The van der Waals surface area contributed by atoms with E-state index in [2.05, 4.69) is 18.4 Å².